The summed E-state index contributed by atoms with van der Waals surface area (Å²) >= 11 is 7.14. The number of methoxy groups -OCH3 is 4. The number of benzene rings is 4. The SMILES string of the molecule is COc1ccc(C2=CC(=CC=C3CCCC(C=Cc4cc(-c5ccc(OC)cc5)cc(-c5ccc(OC)cc5)[o+]4)=C3Cl)OC(c3ccc(OC)cc3)=C2)cc1. The summed E-state index contributed by atoms with van der Waals surface area (Å²) in [5, 5.41) is 0.738. The Balaban J connectivity index is 1.20. The van der Waals surface area contributed by atoms with Crippen LogP contribution < -0.4 is 18.9 Å². The molecule has 0 saturated carbocycles. The molecule has 0 atom stereocenters. The van der Waals surface area contributed by atoms with Crippen LogP contribution in [0.4, 0.5) is 0 Å². The third-order valence-corrected chi connectivity index (χ3v) is 10.1. The first-order valence-corrected chi connectivity index (χ1v) is 18.5. The van der Waals surface area contributed by atoms with Gasteiger partial charge in [0.25, 0.3) is 0 Å². The molecule has 0 spiro atoms. The van der Waals surface area contributed by atoms with Gasteiger partial charge in [0.15, 0.2) is 0 Å². The van der Waals surface area contributed by atoms with Crippen molar-refractivity contribution in [1.82, 2.24) is 0 Å². The highest BCUT2D eigenvalue weighted by Crippen LogP contribution is 2.37. The molecule has 1 aliphatic carbocycles. The molecule has 4 aromatic carbocycles. The van der Waals surface area contributed by atoms with Crippen molar-refractivity contribution in [3.8, 4) is 45.4 Å². The van der Waals surface area contributed by atoms with Crippen molar-refractivity contribution in [1.29, 1.82) is 0 Å². The Morgan fingerprint density at radius 3 is 1.69 bits per heavy atom. The molecular weight excluding hydrogens is 708 g/mol. The number of hydrogen-bond acceptors (Lipinski definition) is 5. The van der Waals surface area contributed by atoms with E-state index in [-0.39, 0.29) is 0 Å². The lowest BCUT2D eigenvalue weighted by Gasteiger charge is -2.19. The minimum Gasteiger partial charge on any atom is -0.497 e. The predicted molar refractivity (Wildman–Crippen MR) is 222 cm³/mol. The molecule has 7 rings (SSSR count). The third kappa shape index (κ3) is 8.94. The van der Waals surface area contributed by atoms with Crippen molar-refractivity contribution in [2.45, 2.75) is 19.3 Å². The average molecular weight is 750 g/mol. The van der Waals surface area contributed by atoms with E-state index >= 15 is 0 Å². The minimum absolute atomic E-state index is 0.707. The first-order chi connectivity index (χ1) is 26.9. The van der Waals surface area contributed by atoms with Crippen LogP contribution in [0.1, 0.15) is 36.1 Å². The molecule has 7 heteroatoms. The van der Waals surface area contributed by atoms with E-state index in [1.807, 2.05) is 121 Å². The summed E-state index contributed by atoms with van der Waals surface area (Å²) in [5.41, 5.74) is 8.12. The molecule has 0 radical (unpaired) electrons. The quantitative estimate of drug-likeness (QED) is 0.125. The first kappa shape index (κ1) is 37.1. The van der Waals surface area contributed by atoms with Crippen LogP contribution in [0.3, 0.4) is 0 Å². The summed E-state index contributed by atoms with van der Waals surface area (Å²) in [6.07, 6.45) is 14.9. The molecular formula is C48H42ClO6+. The summed E-state index contributed by atoms with van der Waals surface area (Å²) in [5.74, 6) is 6.07. The highest BCUT2D eigenvalue weighted by atomic mass is 35.5. The Morgan fingerprint density at radius 2 is 1.11 bits per heavy atom. The van der Waals surface area contributed by atoms with Crippen LogP contribution in [0, 0.1) is 0 Å². The second kappa shape index (κ2) is 17.3. The zero-order valence-electron chi connectivity index (χ0n) is 31.3. The van der Waals surface area contributed by atoms with E-state index < -0.39 is 0 Å². The molecule has 0 bridgehead atoms. The molecule has 6 nitrogen and oxygen atoms in total. The number of allylic oxidation sites excluding steroid dienone is 9. The topological polar surface area (TPSA) is 57.5 Å². The van der Waals surface area contributed by atoms with Gasteiger partial charge in [-0.15, -0.1) is 0 Å². The van der Waals surface area contributed by atoms with Crippen molar-refractivity contribution < 1.29 is 28.1 Å². The molecule has 0 saturated heterocycles. The van der Waals surface area contributed by atoms with E-state index in [0.29, 0.717) is 11.5 Å². The Morgan fingerprint density at radius 1 is 0.564 bits per heavy atom. The molecule has 2 heterocycles. The Kier molecular flexibility index (Phi) is 11.6. The lowest BCUT2D eigenvalue weighted by atomic mass is 9.93. The van der Waals surface area contributed by atoms with Gasteiger partial charge in [-0.25, -0.2) is 4.42 Å². The van der Waals surface area contributed by atoms with Gasteiger partial charge in [0.05, 0.1) is 46.1 Å². The van der Waals surface area contributed by atoms with E-state index in [9.17, 15) is 0 Å². The second-order valence-corrected chi connectivity index (χ2v) is 13.4. The summed E-state index contributed by atoms with van der Waals surface area (Å²) in [4.78, 5) is 0. The van der Waals surface area contributed by atoms with Gasteiger partial charge in [-0.3, -0.25) is 0 Å². The van der Waals surface area contributed by atoms with Gasteiger partial charge >= 0.3 is 11.5 Å². The zero-order chi connectivity index (χ0) is 38.1. The van der Waals surface area contributed by atoms with E-state index in [0.717, 1.165) is 103 Å². The van der Waals surface area contributed by atoms with Crippen LogP contribution in [0.25, 0.3) is 39.9 Å². The summed E-state index contributed by atoms with van der Waals surface area (Å²) in [7, 11) is 6.66. The van der Waals surface area contributed by atoms with Crippen LogP contribution in [0.5, 0.6) is 23.0 Å². The van der Waals surface area contributed by atoms with Gasteiger partial charge in [-0.05, 0) is 144 Å². The summed E-state index contributed by atoms with van der Waals surface area (Å²) < 4.78 is 34.5. The van der Waals surface area contributed by atoms with Gasteiger partial charge in [0.2, 0.25) is 0 Å². The van der Waals surface area contributed by atoms with Crippen molar-refractivity contribution in [2.75, 3.05) is 28.4 Å². The normalized spacial score (nSPS) is 15.8. The van der Waals surface area contributed by atoms with Gasteiger partial charge in [-0.1, -0.05) is 41.9 Å². The predicted octanol–water partition coefficient (Wildman–Crippen LogP) is 12.6. The van der Waals surface area contributed by atoms with Crippen LogP contribution in [0.15, 0.2) is 166 Å². The third-order valence-electron chi connectivity index (χ3n) is 9.57. The van der Waals surface area contributed by atoms with Crippen molar-refractivity contribution in [3.63, 3.8) is 0 Å². The van der Waals surface area contributed by atoms with Crippen LogP contribution >= 0.6 is 11.6 Å². The molecule has 0 fully saturated rings. The monoisotopic (exact) mass is 749 g/mol. The molecule has 0 unspecified atom stereocenters. The first-order valence-electron chi connectivity index (χ1n) is 18.1. The maximum atomic E-state index is 7.14. The Bertz CT molecular complexity index is 2260. The maximum Gasteiger partial charge on any atom is 0.361 e. The van der Waals surface area contributed by atoms with Crippen LogP contribution in [0.2, 0.25) is 0 Å². The number of halogens is 1. The highest BCUT2D eigenvalue weighted by molar-refractivity contribution is 6.32. The zero-order valence-corrected chi connectivity index (χ0v) is 32.1. The molecule has 1 aromatic heterocycles. The van der Waals surface area contributed by atoms with Gasteiger partial charge in [-0.2, -0.15) is 0 Å². The van der Waals surface area contributed by atoms with E-state index in [1.165, 1.54) is 0 Å². The fourth-order valence-corrected chi connectivity index (χ4v) is 6.79. The van der Waals surface area contributed by atoms with Crippen LogP contribution in [-0.4, -0.2) is 28.4 Å². The van der Waals surface area contributed by atoms with E-state index in [1.54, 1.807) is 28.4 Å². The van der Waals surface area contributed by atoms with Gasteiger partial charge in [0, 0.05) is 22.2 Å². The lowest BCUT2D eigenvalue weighted by Crippen LogP contribution is -2.00. The molecule has 1 aliphatic heterocycles. The molecule has 276 valence electrons. The maximum absolute atomic E-state index is 7.14. The Labute approximate surface area is 327 Å². The molecule has 5 aromatic rings. The highest BCUT2D eigenvalue weighted by Gasteiger charge is 2.20. The molecule has 0 N–H and O–H groups in total. The minimum atomic E-state index is 0.707. The van der Waals surface area contributed by atoms with Gasteiger partial charge < -0.3 is 23.7 Å². The molecule has 2 aliphatic rings. The number of rotatable bonds is 11. The van der Waals surface area contributed by atoms with Crippen molar-refractivity contribution >= 4 is 29.0 Å². The number of hydrogen-bond donors (Lipinski definition) is 0. The second-order valence-electron chi connectivity index (χ2n) is 13.0. The van der Waals surface area contributed by atoms with Crippen molar-refractivity contribution in [2.24, 2.45) is 0 Å². The van der Waals surface area contributed by atoms with E-state index in [4.69, 9.17) is 39.7 Å². The lowest BCUT2D eigenvalue weighted by molar-refractivity contribution is 0.397. The largest absolute Gasteiger partial charge is 0.497 e. The fourth-order valence-electron chi connectivity index (χ4n) is 6.48. The Hall–Kier alpha value is -6.24. The summed E-state index contributed by atoms with van der Waals surface area (Å²) in [6, 6.07) is 35.8. The van der Waals surface area contributed by atoms with Crippen LogP contribution in [-0.2, 0) is 4.74 Å². The van der Waals surface area contributed by atoms with Gasteiger partial charge in [0.1, 0.15) is 34.5 Å². The fraction of sp³-hybridized carbons (Fsp3) is 0.146. The van der Waals surface area contributed by atoms with Crippen molar-refractivity contribution in [3.05, 3.63) is 178 Å². The van der Waals surface area contributed by atoms with E-state index in [2.05, 4.69) is 24.3 Å². The summed E-state index contributed by atoms with van der Waals surface area (Å²) in [6.45, 7) is 0. The standard InChI is InChI=1S/C48H42ClO6/c1-50-40-18-8-32(9-19-40)38-28-44(54-46(30-38)34-12-22-42(52-3)23-13-34)26-16-36-6-5-7-37(48(36)49)17-27-45-29-39(33-10-20-41(51-2)21-11-33)31-47(55-45)35-14-24-43(53-4)25-15-35/h8-31H,5-7H2,1-4H3/q+1. The smallest absolute Gasteiger partial charge is 0.361 e. The average Bonchev–Trinajstić information content (AvgIpc) is 3.25. The molecule has 55 heavy (non-hydrogen) atoms. The molecule has 0 amide bonds. The number of ether oxygens (including phenoxy) is 5.